The maximum absolute atomic E-state index is 12.7. The summed E-state index contributed by atoms with van der Waals surface area (Å²) in [5, 5.41) is 1.68. The molecule has 1 unspecified atom stereocenters. The first-order valence-corrected chi connectivity index (χ1v) is 8.54. The van der Waals surface area contributed by atoms with E-state index in [-0.39, 0.29) is 11.3 Å². The molecule has 0 bridgehead atoms. The van der Waals surface area contributed by atoms with E-state index in [4.69, 9.17) is 0 Å². The van der Waals surface area contributed by atoms with Gasteiger partial charge in [-0.1, -0.05) is 12.1 Å². The average Bonchev–Trinajstić information content (AvgIpc) is 3.05. The van der Waals surface area contributed by atoms with Crippen LogP contribution in [0.3, 0.4) is 0 Å². The average molecular weight is 378 g/mol. The zero-order valence-corrected chi connectivity index (χ0v) is 13.6. The number of carbonyl (C=O) groups excluding carboxylic acids is 5. The van der Waals surface area contributed by atoms with Crippen LogP contribution >= 0.6 is 0 Å². The summed E-state index contributed by atoms with van der Waals surface area (Å²) in [5.74, 6) is -5.19. The first kappa shape index (κ1) is 17.6. The molecule has 2 N–H and O–H groups in total. The number of nitrogens with one attached hydrogen (secondary N) is 1. The van der Waals surface area contributed by atoms with Gasteiger partial charge in [0.15, 0.2) is 5.78 Å². The summed E-state index contributed by atoms with van der Waals surface area (Å²) in [6.45, 7) is 0. The fraction of sp³-hybridized carbons (Fsp3) is 0.133. The van der Waals surface area contributed by atoms with Gasteiger partial charge in [-0.05, 0) is 12.1 Å². The number of amides is 4. The van der Waals surface area contributed by atoms with E-state index in [1.54, 1.807) is 5.32 Å². The maximum atomic E-state index is 12.7. The van der Waals surface area contributed by atoms with Gasteiger partial charge < -0.3 is 0 Å². The van der Waals surface area contributed by atoms with Crippen molar-refractivity contribution in [2.45, 2.75) is 11.2 Å². The first-order valence-electron chi connectivity index (χ1n) is 7.10. The monoisotopic (exact) mass is 378 g/mol. The smallest absolute Gasteiger partial charge is 0.288 e. The number of carbonyl (C=O) groups is 5. The minimum Gasteiger partial charge on any atom is -0.294 e. The number of hydrogen-bond donors (Lipinski definition) is 2. The van der Waals surface area contributed by atoms with Crippen LogP contribution in [-0.2, 0) is 29.3 Å². The van der Waals surface area contributed by atoms with Crippen molar-refractivity contribution in [3.8, 4) is 0 Å². The second kappa shape index (κ2) is 5.68. The molecule has 3 rings (SSSR count). The molecule has 2 aliphatic rings. The van der Waals surface area contributed by atoms with Gasteiger partial charge >= 0.3 is 0 Å². The number of hydrogen-bond acceptors (Lipinski definition) is 7. The van der Waals surface area contributed by atoms with Crippen LogP contribution in [0.2, 0.25) is 0 Å². The number of nitrogens with zero attached hydrogens (tertiary/aromatic N) is 1. The van der Waals surface area contributed by atoms with E-state index in [0.29, 0.717) is 0 Å². The van der Waals surface area contributed by atoms with Gasteiger partial charge in [0.25, 0.3) is 27.8 Å². The Kier molecular flexibility index (Phi) is 3.85. The molecule has 2 heterocycles. The summed E-state index contributed by atoms with van der Waals surface area (Å²) in [6, 6.07) is 4.73. The molecule has 1 aromatic carbocycles. The van der Waals surface area contributed by atoms with Crippen molar-refractivity contribution in [3.05, 3.63) is 42.0 Å². The van der Waals surface area contributed by atoms with Crippen molar-refractivity contribution in [1.29, 1.82) is 0 Å². The molecule has 2 aliphatic heterocycles. The molecule has 10 nitrogen and oxygen atoms in total. The van der Waals surface area contributed by atoms with Crippen molar-refractivity contribution in [2.24, 2.45) is 0 Å². The maximum Gasteiger partial charge on any atom is 0.288 e. The predicted octanol–water partition coefficient (Wildman–Crippen LogP) is -1.03. The Morgan fingerprint density at radius 2 is 1.73 bits per heavy atom. The molecule has 26 heavy (non-hydrogen) atoms. The Bertz CT molecular complexity index is 1010. The molecular formula is C15H10N2O8S. The van der Waals surface area contributed by atoms with Gasteiger partial charge in [0.05, 0.1) is 12.1 Å². The van der Waals surface area contributed by atoms with Crippen LogP contribution in [0.4, 0.5) is 5.69 Å². The van der Waals surface area contributed by atoms with Crippen LogP contribution in [0.1, 0.15) is 16.8 Å². The van der Waals surface area contributed by atoms with E-state index in [2.05, 4.69) is 0 Å². The zero-order chi connectivity index (χ0) is 19.3. The Morgan fingerprint density at radius 3 is 2.23 bits per heavy atom. The Balaban J connectivity index is 2.09. The zero-order valence-electron chi connectivity index (χ0n) is 12.8. The molecule has 0 radical (unpaired) electrons. The molecule has 0 aliphatic carbocycles. The topological polar surface area (TPSA) is 155 Å². The number of rotatable bonds is 4. The van der Waals surface area contributed by atoms with Crippen LogP contribution in [0.15, 0.2) is 36.4 Å². The van der Waals surface area contributed by atoms with Gasteiger partial charge in [0, 0.05) is 17.7 Å². The second-order valence-electron chi connectivity index (χ2n) is 5.58. The summed E-state index contributed by atoms with van der Waals surface area (Å²) in [4.78, 5) is 60.4. The normalized spacial score (nSPS) is 22.9. The number of imide groups is 2. The van der Waals surface area contributed by atoms with Gasteiger partial charge in [0.2, 0.25) is 10.7 Å². The van der Waals surface area contributed by atoms with Crippen molar-refractivity contribution >= 4 is 45.2 Å². The summed E-state index contributed by atoms with van der Waals surface area (Å²) >= 11 is 0. The predicted molar refractivity (Wildman–Crippen MR) is 84.5 cm³/mol. The highest BCUT2D eigenvalue weighted by molar-refractivity contribution is 7.89. The van der Waals surface area contributed by atoms with Gasteiger partial charge in [-0.25, -0.2) is 4.90 Å². The second-order valence-corrected chi connectivity index (χ2v) is 7.23. The number of Topliss-reactive ketones (excluding diaryl/α,β-unsaturated/α-hetero) is 1. The molecule has 0 spiro atoms. The minimum absolute atomic E-state index is 0.0360. The molecule has 0 aromatic heterocycles. The molecule has 1 atom stereocenters. The Labute approximate surface area is 146 Å². The third kappa shape index (κ3) is 2.45. The van der Waals surface area contributed by atoms with Crippen LogP contribution in [0.5, 0.6) is 0 Å². The van der Waals surface area contributed by atoms with Crippen LogP contribution in [0.25, 0.3) is 0 Å². The summed E-state index contributed by atoms with van der Waals surface area (Å²) in [6.07, 6.45) is 0.954. The van der Waals surface area contributed by atoms with Crippen LogP contribution in [-0.4, -0.2) is 47.1 Å². The van der Waals surface area contributed by atoms with E-state index in [1.807, 2.05) is 0 Å². The van der Waals surface area contributed by atoms with Gasteiger partial charge in [0.1, 0.15) is 0 Å². The van der Waals surface area contributed by atoms with Crippen LogP contribution in [0, 0.1) is 0 Å². The summed E-state index contributed by atoms with van der Waals surface area (Å²) < 4.78 is 30.0. The van der Waals surface area contributed by atoms with Gasteiger partial charge in [-0.3, -0.25) is 33.8 Å². The number of ketones is 1. The minimum atomic E-state index is -5.29. The van der Waals surface area contributed by atoms with E-state index >= 15 is 0 Å². The van der Waals surface area contributed by atoms with Crippen molar-refractivity contribution in [1.82, 2.24) is 5.32 Å². The molecule has 1 fully saturated rings. The molecular weight excluding hydrogens is 368 g/mol. The van der Waals surface area contributed by atoms with E-state index in [0.717, 1.165) is 29.2 Å². The molecule has 1 saturated heterocycles. The highest BCUT2D eigenvalue weighted by Crippen LogP contribution is 2.32. The first-order chi connectivity index (χ1) is 12.1. The third-order valence-electron chi connectivity index (χ3n) is 4.01. The van der Waals surface area contributed by atoms with E-state index < -0.39 is 50.7 Å². The lowest BCUT2D eigenvalue weighted by molar-refractivity contribution is -0.125. The van der Waals surface area contributed by atoms with Crippen LogP contribution < -0.4 is 10.2 Å². The molecule has 134 valence electrons. The lowest BCUT2D eigenvalue weighted by atomic mass is 9.94. The van der Waals surface area contributed by atoms with Crippen molar-refractivity contribution < 1.29 is 36.9 Å². The fourth-order valence-corrected chi connectivity index (χ4v) is 3.71. The summed E-state index contributed by atoms with van der Waals surface area (Å²) in [7, 11) is -5.29. The lowest BCUT2D eigenvalue weighted by Crippen LogP contribution is -2.52. The highest BCUT2D eigenvalue weighted by Gasteiger charge is 2.62. The van der Waals surface area contributed by atoms with Gasteiger partial charge in [-0.2, -0.15) is 8.42 Å². The van der Waals surface area contributed by atoms with E-state index in [1.165, 1.54) is 12.1 Å². The highest BCUT2D eigenvalue weighted by atomic mass is 32.2. The van der Waals surface area contributed by atoms with Crippen molar-refractivity contribution in [3.63, 3.8) is 0 Å². The van der Waals surface area contributed by atoms with Crippen molar-refractivity contribution in [2.75, 3.05) is 4.90 Å². The molecule has 11 heteroatoms. The van der Waals surface area contributed by atoms with E-state index in [9.17, 15) is 36.9 Å². The Morgan fingerprint density at radius 1 is 1.12 bits per heavy atom. The SMILES string of the molecule is O=C1CC(C(=O)c2cccc(N3C(=O)C=CC3=O)c2)(S(=O)(=O)O)C(=O)N1. The largest absolute Gasteiger partial charge is 0.294 e. The molecule has 4 amide bonds. The molecule has 0 saturated carbocycles. The molecule has 1 aromatic rings. The van der Waals surface area contributed by atoms with Gasteiger partial charge in [-0.15, -0.1) is 0 Å². The number of anilines is 1. The quantitative estimate of drug-likeness (QED) is 0.292. The lowest BCUT2D eigenvalue weighted by Gasteiger charge is -2.21. The third-order valence-corrected chi connectivity index (χ3v) is 5.41. The Hall–Kier alpha value is -3.18. The summed E-state index contributed by atoms with van der Waals surface area (Å²) in [5.41, 5.74) is -0.413. The fourth-order valence-electron chi connectivity index (χ4n) is 2.76. The standard InChI is InChI=1S/C15H10N2O8S/c18-10-7-15(14(22)16-10,26(23,24)25)13(21)8-2-1-3-9(6-8)17-11(19)4-5-12(17)20/h1-6H,7H2,(H,16,18,22)(H,23,24,25). The number of benzene rings is 1.